The maximum Gasteiger partial charge on any atom is 0.335 e. The predicted octanol–water partition coefficient (Wildman–Crippen LogP) is 0.0549. The maximum atomic E-state index is 13.1. The van der Waals surface area contributed by atoms with E-state index in [9.17, 15) is 24.2 Å². The Bertz CT molecular complexity index is 602. The van der Waals surface area contributed by atoms with Crippen LogP contribution in [0.3, 0.4) is 0 Å². The van der Waals surface area contributed by atoms with Crippen LogP contribution >= 0.6 is 0 Å². The van der Waals surface area contributed by atoms with Crippen molar-refractivity contribution in [1.29, 1.82) is 0 Å². The highest BCUT2D eigenvalue weighted by atomic mass is 19.1. The molecular weight excluding hydrogens is 331 g/mol. The normalized spacial score (nSPS) is 18.6. The Balaban J connectivity index is 2.20. The van der Waals surface area contributed by atoms with Crippen molar-refractivity contribution in [2.45, 2.75) is 37.6 Å². The van der Waals surface area contributed by atoms with Gasteiger partial charge in [0.15, 0.2) is 12.2 Å². The monoisotopic (exact) mass is 354 g/mol. The third-order valence-corrected chi connectivity index (χ3v) is 4.48. The van der Waals surface area contributed by atoms with Gasteiger partial charge in [-0.3, -0.25) is 4.79 Å². The van der Waals surface area contributed by atoms with Crippen LogP contribution in [-0.4, -0.2) is 75.4 Å². The second-order valence-electron chi connectivity index (χ2n) is 6.35. The van der Waals surface area contributed by atoms with E-state index in [0.717, 1.165) is 13.1 Å². The topological polar surface area (TPSA) is 101 Å². The number of aliphatic carboxylic acids is 1. The molecule has 2 atom stereocenters. The van der Waals surface area contributed by atoms with Crippen molar-refractivity contribution in [3.8, 4) is 0 Å². The SMILES string of the molecule is CN1CCC(N(Cc2ccc(F)cc2)C(=O)[C@H](O)[C@@H](O)C(=O)O)CC1. The molecule has 0 aromatic heterocycles. The minimum Gasteiger partial charge on any atom is -0.479 e. The highest BCUT2D eigenvalue weighted by molar-refractivity contribution is 5.87. The van der Waals surface area contributed by atoms with Gasteiger partial charge in [-0.15, -0.1) is 0 Å². The maximum absolute atomic E-state index is 13.1. The molecule has 1 saturated heterocycles. The Kier molecular flexibility index (Phi) is 6.46. The van der Waals surface area contributed by atoms with Gasteiger partial charge in [-0.05, 0) is 50.7 Å². The zero-order chi connectivity index (χ0) is 18.6. The number of piperidine rings is 1. The van der Waals surface area contributed by atoms with E-state index in [1.54, 1.807) is 0 Å². The largest absolute Gasteiger partial charge is 0.479 e. The number of amides is 1. The number of hydrogen-bond acceptors (Lipinski definition) is 5. The summed E-state index contributed by atoms with van der Waals surface area (Å²) >= 11 is 0. The number of benzene rings is 1. The lowest BCUT2D eigenvalue weighted by atomic mass is 10.0. The van der Waals surface area contributed by atoms with Gasteiger partial charge in [0, 0.05) is 12.6 Å². The molecule has 0 unspecified atom stereocenters. The quantitative estimate of drug-likeness (QED) is 0.668. The van der Waals surface area contributed by atoms with Crippen LogP contribution in [0.2, 0.25) is 0 Å². The number of halogens is 1. The smallest absolute Gasteiger partial charge is 0.335 e. The first-order chi connectivity index (χ1) is 11.8. The Morgan fingerprint density at radius 1 is 1.20 bits per heavy atom. The third-order valence-electron chi connectivity index (χ3n) is 4.48. The van der Waals surface area contributed by atoms with Crippen LogP contribution in [0, 0.1) is 5.82 Å². The van der Waals surface area contributed by atoms with Crippen molar-refractivity contribution in [2.75, 3.05) is 20.1 Å². The number of nitrogens with zero attached hydrogens (tertiary/aromatic N) is 2. The molecule has 0 bridgehead atoms. The number of likely N-dealkylation sites (tertiary alicyclic amines) is 1. The Morgan fingerprint density at radius 2 is 1.76 bits per heavy atom. The molecule has 0 saturated carbocycles. The van der Waals surface area contributed by atoms with Gasteiger partial charge in [0.25, 0.3) is 5.91 Å². The Hall–Kier alpha value is -2.03. The molecule has 1 fully saturated rings. The van der Waals surface area contributed by atoms with Gasteiger partial charge in [0.2, 0.25) is 0 Å². The highest BCUT2D eigenvalue weighted by Crippen LogP contribution is 2.20. The van der Waals surface area contributed by atoms with E-state index >= 15 is 0 Å². The molecule has 0 radical (unpaired) electrons. The molecule has 2 rings (SSSR count). The molecule has 1 aliphatic heterocycles. The van der Waals surface area contributed by atoms with E-state index < -0.39 is 29.9 Å². The van der Waals surface area contributed by atoms with E-state index in [1.807, 2.05) is 7.05 Å². The number of aliphatic hydroxyl groups excluding tert-OH is 2. The number of carbonyl (C=O) groups excluding carboxylic acids is 1. The molecule has 8 heteroatoms. The summed E-state index contributed by atoms with van der Waals surface area (Å²) in [7, 11) is 1.96. The summed E-state index contributed by atoms with van der Waals surface area (Å²) in [5.41, 5.74) is 0.658. The summed E-state index contributed by atoms with van der Waals surface area (Å²) in [5.74, 6) is -2.90. The summed E-state index contributed by atoms with van der Waals surface area (Å²) in [4.78, 5) is 27.0. The molecule has 0 spiro atoms. The number of rotatable bonds is 6. The fraction of sp³-hybridized carbons (Fsp3) is 0.529. The van der Waals surface area contributed by atoms with E-state index in [-0.39, 0.29) is 12.6 Å². The molecule has 3 N–H and O–H groups in total. The van der Waals surface area contributed by atoms with Crippen molar-refractivity contribution in [3.63, 3.8) is 0 Å². The number of carboxylic acid groups (broad SMARTS) is 1. The summed E-state index contributed by atoms with van der Waals surface area (Å²) in [5, 5.41) is 28.3. The Morgan fingerprint density at radius 3 is 2.28 bits per heavy atom. The highest BCUT2D eigenvalue weighted by Gasteiger charge is 2.36. The average Bonchev–Trinajstić information content (AvgIpc) is 2.60. The van der Waals surface area contributed by atoms with Crippen LogP contribution in [0.4, 0.5) is 4.39 Å². The van der Waals surface area contributed by atoms with Gasteiger partial charge >= 0.3 is 5.97 Å². The van der Waals surface area contributed by atoms with Crippen LogP contribution in [0.15, 0.2) is 24.3 Å². The van der Waals surface area contributed by atoms with Crippen LogP contribution in [0.1, 0.15) is 18.4 Å². The lowest BCUT2D eigenvalue weighted by molar-refractivity contribution is -0.164. The van der Waals surface area contributed by atoms with Crippen molar-refractivity contribution < 1.29 is 29.3 Å². The first-order valence-corrected chi connectivity index (χ1v) is 8.12. The van der Waals surface area contributed by atoms with Crippen LogP contribution in [-0.2, 0) is 16.1 Å². The van der Waals surface area contributed by atoms with E-state index in [1.165, 1.54) is 29.2 Å². The zero-order valence-electron chi connectivity index (χ0n) is 14.0. The summed E-state index contributed by atoms with van der Waals surface area (Å²) in [6, 6.07) is 5.42. The molecule has 1 amide bonds. The molecule has 1 aromatic rings. The molecule has 1 aromatic carbocycles. The van der Waals surface area contributed by atoms with Crippen LogP contribution in [0.5, 0.6) is 0 Å². The lowest BCUT2D eigenvalue weighted by Gasteiger charge is -2.38. The van der Waals surface area contributed by atoms with Crippen molar-refractivity contribution >= 4 is 11.9 Å². The van der Waals surface area contributed by atoms with E-state index in [2.05, 4.69) is 4.90 Å². The number of carboxylic acids is 1. The zero-order valence-corrected chi connectivity index (χ0v) is 14.0. The third kappa shape index (κ3) is 4.97. The first kappa shape index (κ1) is 19.3. The molecule has 25 heavy (non-hydrogen) atoms. The van der Waals surface area contributed by atoms with Crippen LogP contribution < -0.4 is 0 Å². The summed E-state index contributed by atoms with van der Waals surface area (Å²) in [6.07, 6.45) is -2.90. The summed E-state index contributed by atoms with van der Waals surface area (Å²) < 4.78 is 13.1. The first-order valence-electron chi connectivity index (χ1n) is 8.12. The second kappa shape index (κ2) is 8.37. The van der Waals surface area contributed by atoms with Crippen LogP contribution in [0.25, 0.3) is 0 Å². The summed E-state index contributed by atoms with van der Waals surface area (Å²) in [6.45, 7) is 1.63. The fourth-order valence-electron chi connectivity index (χ4n) is 2.92. The number of carbonyl (C=O) groups is 2. The Labute approximate surface area is 145 Å². The van der Waals surface area contributed by atoms with Gasteiger partial charge in [-0.2, -0.15) is 0 Å². The average molecular weight is 354 g/mol. The molecule has 7 nitrogen and oxygen atoms in total. The molecule has 0 aliphatic carbocycles. The van der Waals surface area contributed by atoms with Crippen molar-refractivity contribution in [3.05, 3.63) is 35.6 Å². The number of aliphatic hydroxyl groups is 2. The minimum absolute atomic E-state index is 0.108. The predicted molar refractivity (Wildman–Crippen MR) is 87.1 cm³/mol. The minimum atomic E-state index is -2.19. The second-order valence-corrected chi connectivity index (χ2v) is 6.35. The van der Waals surface area contributed by atoms with Gasteiger partial charge in [-0.1, -0.05) is 12.1 Å². The van der Waals surface area contributed by atoms with Crippen molar-refractivity contribution in [1.82, 2.24) is 9.80 Å². The van der Waals surface area contributed by atoms with Gasteiger partial charge in [0.1, 0.15) is 5.82 Å². The molecule has 1 aliphatic rings. The van der Waals surface area contributed by atoms with Gasteiger partial charge in [-0.25, -0.2) is 9.18 Å². The lowest BCUT2D eigenvalue weighted by Crippen LogP contribution is -2.53. The van der Waals surface area contributed by atoms with Gasteiger partial charge in [0.05, 0.1) is 0 Å². The van der Waals surface area contributed by atoms with E-state index in [0.29, 0.717) is 18.4 Å². The standard InChI is InChI=1S/C17H23FN2O5/c1-19-8-6-13(7-9-19)20(10-11-2-4-12(18)5-3-11)16(23)14(21)15(22)17(24)25/h2-5,13-15,21-22H,6-10H2,1H3,(H,24,25)/t14-,15-/m1/s1. The molecule has 138 valence electrons. The number of hydrogen-bond donors (Lipinski definition) is 3. The molecular formula is C17H23FN2O5. The fourth-order valence-corrected chi connectivity index (χ4v) is 2.92. The van der Waals surface area contributed by atoms with Gasteiger partial charge < -0.3 is 25.1 Å². The molecule has 1 heterocycles. The van der Waals surface area contributed by atoms with Crippen molar-refractivity contribution in [2.24, 2.45) is 0 Å². The van der Waals surface area contributed by atoms with E-state index in [4.69, 9.17) is 5.11 Å².